The monoisotopic (exact) mass is 217 g/mol. The van der Waals surface area contributed by atoms with Gasteiger partial charge in [-0.25, -0.2) is 4.39 Å². The lowest BCUT2D eigenvalue weighted by Gasteiger charge is -2.35. The van der Waals surface area contributed by atoms with Gasteiger partial charge in [-0.1, -0.05) is 0 Å². The topological polar surface area (TPSA) is 29.5 Å². The van der Waals surface area contributed by atoms with Crippen molar-refractivity contribution in [2.24, 2.45) is 0 Å². The molecule has 15 heavy (non-hydrogen) atoms. The van der Waals surface area contributed by atoms with Crippen molar-refractivity contribution in [3.63, 3.8) is 0 Å². The molecule has 0 bridgehead atoms. The fourth-order valence-electron chi connectivity index (χ4n) is 1.74. The Morgan fingerprint density at radius 3 is 2.80 bits per heavy atom. The number of hydrogen-bond acceptors (Lipinski definition) is 2. The van der Waals surface area contributed by atoms with Gasteiger partial charge in [-0.3, -0.25) is 4.79 Å². The summed E-state index contributed by atoms with van der Waals surface area (Å²) in [7, 11) is 0. The van der Waals surface area contributed by atoms with E-state index >= 15 is 0 Å². The van der Waals surface area contributed by atoms with Gasteiger partial charge in [0.25, 0.3) is 0 Å². The third-order valence-corrected chi connectivity index (χ3v) is 2.54. The Labute approximate surface area is 90.6 Å². The molecule has 0 spiro atoms. The molecule has 1 heterocycles. The number of nitrogens with zero attached hydrogens (tertiary/aromatic N) is 1. The van der Waals surface area contributed by atoms with Crippen LogP contribution in [0.3, 0.4) is 0 Å². The first kappa shape index (κ1) is 12.4. The Balaban J connectivity index is 2.39. The van der Waals surface area contributed by atoms with Crippen LogP contribution in [0.1, 0.15) is 33.6 Å². The van der Waals surface area contributed by atoms with E-state index in [2.05, 4.69) is 0 Å². The summed E-state index contributed by atoms with van der Waals surface area (Å²) in [6.45, 7) is 6.22. The number of likely N-dealkylation sites (tertiary alicyclic amines) is 1. The predicted molar refractivity (Wildman–Crippen MR) is 56.4 cm³/mol. The second kappa shape index (κ2) is 4.92. The number of ether oxygens (including phenoxy) is 1. The van der Waals surface area contributed by atoms with Crippen molar-refractivity contribution < 1.29 is 13.9 Å². The molecular formula is C11H20FNO2. The first-order chi connectivity index (χ1) is 6.91. The maximum atomic E-state index is 13.6. The van der Waals surface area contributed by atoms with Crippen LogP contribution in [-0.2, 0) is 9.53 Å². The van der Waals surface area contributed by atoms with Crippen LogP contribution in [0.25, 0.3) is 0 Å². The lowest BCUT2D eigenvalue weighted by molar-refractivity contribution is -0.141. The van der Waals surface area contributed by atoms with Crippen LogP contribution in [-0.4, -0.2) is 42.3 Å². The summed E-state index contributed by atoms with van der Waals surface area (Å²) in [5.41, 5.74) is -1.23. The minimum absolute atomic E-state index is 0.0375. The van der Waals surface area contributed by atoms with Gasteiger partial charge in [0.1, 0.15) is 12.3 Å². The van der Waals surface area contributed by atoms with Crippen LogP contribution in [0.5, 0.6) is 0 Å². The van der Waals surface area contributed by atoms with E-state index in [4.69, 9.17) is 4.74 Å². The van der Waals surface area contributed by atoms with Gasteiger partial charge in [0.2, 0.25) is 5.91 Å². The number of alkyl halides is 1. The number of hydrogen-bond donors (Lipinski definition) is 0. The fourth-order valence-corrected chi connectivity index (χ4v) is 1.74. The molecule has 0 unspecified atom stereocenters. The van der Waals surface area contributed by atoms with Crippen LogP contribution >= 0.6 is 0 Å². The Bertz CT molecular complexity index is 229. The standard InChI is InChI=1S/C11H20FNO2/c1-9(2)15-7-10(14)13-6-4-5-11(3,12)8-13/h9H,4-8H2,1-3H3/t11-/m0/s1. The van der Waals surface area contributed by atoms with Crippen LogP contribution < -0.4 is 0 Å². The highest BCUT2D eigenvalue weighted by Crippen LogP contribution is 2.24. The third-order valence-electron chi connectivity index (χ3n) is 2.54. The highest BCUT2D eigenvalue weighted by molar-refractivity contribution is 5.77. The average molecular weight is 217 g/mol. The van der Waals surface area contributed by atoms with Gasteiger partial charge in [0.15, 0.2) is 0 Å². The minimum Gasteiger partial charge on any atom is -0.369 e. The molecule has 1 rings (SSSR count). The van der Waals surface area contributed by atoms with Crippen molar-refractivity contribution in [2.45, 2.75) is 45.4 Å². The second-order valence-electron chi connectivity index (χ2n) is 4.69. The van der Waals surface area contributed by atoms with Crippen molar-refractivity contribution in [1.82, 2.24) is 4.90 Å². The molecule has 0 aromatic heterocycles. The highest BCUT2D eigenvalue weighted by atomic mass is 19.1. The van der Waals surface area contributed by atoms with Crippen molar-refractivity contribution >= 4 is 5.91 Å². The molecule has 1 amide bonds. The predicted octanol–water partition coefficient (Wildman–Crippen LogP) is 1.76. The molecule has 0 aliphatic carbocycles. The Morgan fingerprint density at radius 2 is 2.27 bits per heavy atom. The van der Waals surface area contributed by atoms with E-state index in [0.29, 0.717) is 13.0 Å². The van der Waals surface area contributed by atoms with Crippen molar-refractivity contribution in [3.05, 3.63) is 0 Å². The molecule has 1 saturated heterocycles. The number of carbonyl (C=O) groups excluding carboxylic acids is 1. The van der Waals surface area contributed by atoms with Crippen molar-refractivity contribution in [1.29, 1.82) is 0 Å². The summed E-state index contributed by atoms with van der Waals surface area (Å²) < 4.78 is 18.9. The van der Waals surface area contributed by atoms with Gasteiger partial charge >= 0.3 is 0 Å². The van der Waals surface area contributed by atoms with Gasteiger partial charge in [0, 0.05) is 6.54 Å². The summed E-state index contributed by atoms with van der Waals surface area (Å²) >= 11 is 0. The molecular weight excluding hydrogens is 197 g/mol. The molecule has 1 aliphatic heterocycles. The summed E-state index contributed by atoms with van der Waals surface area (Å²) in [6, 6.07) is 0. The van der Waals surface area contributed by atoms with E-state index < -0.39 is 5.67 Å². The molecule has 0 N–H and O–H groups in total. The van der Waals surface area contributed by atoms with E-state index in [1.165, 1.54) is 0 Å². The van der Waals surface area contributed by atoms with Crippen LogP contribution in [0, 0.1) is 0 Å². The molecule has 0 aromatic carbocycles. The number of amides is 1. The van der Waals surface area contributed by atoms with Crippen LogP contribution in [0.4, 0.5) is 4.39 Å². The van der Waals surface area contributed by atoms with Gasteiger partial charge in [-0.15, -0.1) is 0 Å². The zero-order valence-electron chi connectivity index (χ0n) is 9.75. The number of rotatable bonds is 3. The number of halogens is 1. The summed E-state index contributed by atoms with van der Waals surface area (Å²) in [5, 5.41) is 0. The number of piperidine rings is 1. The molecule has 1 aliphatic rings. The molecule has 88 valence electrons. The Kier molecular flexibility index (Phi) is 4.08. The smallest absolute Gasteiger partial charge is 0.248 e. The summed E-state index contributed by atoms with van der Waals surface area (Å²) in [5.74, 6) is -0.104. The van der Waals surface area contributed by atoms with E-state index in [9.17, 15) is 9.18 Å². The third kappa shape index (κ3) is 4.16. The SMILES string of the molecule is CC(C)OCC(=O)N1CCC[C@](C)(F)C1. The Hall–Kier alpha value is -0.640. The molecule has 1 atom stereocenters. The van der Waals surface area contributed by atoms with Gasteiger partial charge in [-0.05, 0) is 33.6 Å². The minimum atomic E-state index is -1.23. The van der Waals surface area contributed by atoms with Crippen LogP contribution in [0.2, 0.25) is 0 Å². The van der Waals surface area contributed by atoms with Crippen molar-refractivity contribution in [2.75, 3.05) is 19.7 Å². The second-order valence-corrected chi connectivity index (χ2v) is 4.69. The maximum Gasteiger partial charge on any atom is 0.248 e. The zero-order valence-corrected chi connectivity index (χ0v) is 9.75. The largest absolute Gasteiger partial charge is 0.369 e. The molecule has 1 fully saturated rings. The van der Waals surface area contributed by atoms with E-state index in [0.717, 1.165) is 6.42 Å². The maximum absolute atomic E-state index is 13.6. The van der Waals surface area contributed by atoms with E-state index in [-0.39, 0.29) is 25.2 Å². The first-order valence-corrected chi connectivity index (χ1v) is 5.49. The fraction of sp³-hybridized carbons (Fsp3) is 0.909. The molecule has 3 nitrogen and oxygen atoms in total. The zero-order chi connectivity index (χ0) is 11.5. The first-order valence-electron chi connectivity index (χ1n) is 5.49. The molecule has 4 heteroatoms. The lowest BCUT2D eigenvalue weighted by Crippen LogP contribution is -2.47. The van der Waals surface area contributed by atoms with Gasteiger partial charge < -0.3 is 9.64 Å². The quantitative estimate of drug-likeness (QED) is 0.721. The Morgan fingerprint density at radius 1 is 1.60 bits per heavy atom. The van der Waals surface area contributed by atoms with Crippen molar-refractivity contribution in [3.8, 4) is 0 Å². The average Bonchev–Trinajstić information content (AvgIpc) is 2.12. The number of carbonyl (C=O) groups is 1. The molecule has 0 radical (unpaired) electrons. The van der Waals surface area contributed by atoms with Gasteiger partial charge in [-0.2, -0.15) is 0 Å². The summed E-state index contributed by atoms with van der Waals surface area (Å²) in [6.07, 6.45) is 1.32. The highest BCUT2D eigenvalue weighted by Gasteiger charge is 2.32. The normalized spacial score (nSPS) is 27.1. The molecule has 0 saturated carbocycles. The summed E-state index contributed by atoms with van der Waals surface area (Å²) in [4.78, 5) is 13.2. The van der Waals surface area contributed by atoms with E-state index in [1.807, 2.05) is 13.8 Å². The van der Waals surface area contributed by atoms with Gasteiger partial charge in [0.05, 0.1) is 12.6 Å². The van der Waals surface area contributed by atoms with Crippen LogP contribution in [0.15, 0.2) is 0 Å². The lowest BCUT2D eigenvalue weighted by atomic mass is 9.97. The molecule has 0 aromatic rings. The van der Waals surface area contributed by atoms with E-state index in [1.54, 1.807) is 11.8 Å².